The van der Waals surface area contributed by atoms with Crippen molar-refractivity contribution in [3.63, 3.8) is 0 Å². The number of rotatable bonds is 3. The van der Waals surface area contributed by atoms with Gasteiger partial charge >= 0.3 is 0 Å². The Morgan fingerprint density at radius 1 is 1.67 bits per heavy atom. The van der Waals surface area contributed by atoms with Crippen molar-refractivity contribution in [1.29, 1.82) is 0 Å². The molecule has 12 heavy (non-hydrogen) atoms. The van der Waals surface area contributed by atoms with E-state index in [-0.39, 0.29) is 31.0 Å². The van der Waals surface area contributed by atoms with Gasteiger partial charge in [0.2, 0.25) is 5.91 Å². The lowest BCUT2D eigenvalue weighted by Crippen LogP contribution is -2.41. The van der Waals surface area contributed by atoms with Gasteiger partial charge in [0, 0.05) is 12.6 Å². The topological polar surface area (TPSA) is 84.6 Å². The SMILES string of the molecule is NC1COCC1C(=O)NCCO. The van der Waals surface area contributed by atoms with Gasteiger partial charge in [0.25, 0.3) is 0 Å². The lowest BCUT2D eigenvalue weighted by Gasteiger charge is -2.12. The number of ether oxygens (including phenoxy) is 1. The maximum absolute atomic E-state index is 11.2. The molecule has 70 valence electrons. The van der Waals surface area contributed by atoms with Crippen LogP contribution in [-0.2, 0) is 9.53 Å². The molecular formula is C7H14N2O3. The average Bonchev–Trinajstić information content (AvgIpc) is 2.47. The second-order valence-corrected chi connectivity index (χ2v) is 2.82. The summed E-state index contributed by atoms with van der Waals surface area (Å²) in [6.07, 6.45) is 0. The van der Waals surface area contributed by atoms with Gasteiger partial charge in [0.05, 0.1) is 25.7 Å². The first-order valence-electron chi connectivity index (χ1n) is 3.97. The van der Waals surface area contributed by atoms with Crippen molar-refractivity contribution in [3.8, 4) is 0 Å². The van der Waals surface area contributed by atoms with Crippen LogP contribution in [0.15, 0.2) is 0 Å². The van der Waals surface area contributed by atoms with Crippen molar-refractivity contribution in [2.75, 3.05) is 26.4 Å². The zero-order valence-corrected chi connectivity index (χ0v) is 6.82. The Labute approximate surface area is 70.9 Å². The number of carbonyl (C=O) groups is 1. The highest BCUT2D eigenvalue weighted by molar-refractivity contribution is 5.79. The molecule has 1 fully saturated rings. The maximum Gasteiger partial charge on any atom is 0.227 e. The second-order valence-electron chi connectivity index (χ2n) is 2.82. The van der Waals surface area contributed by atoms with E-state index in [0.717, 1.165) is 0 Å². The first kappa shape index (κ1) is 9.44. The van der Waals surface area contributed by atoms with E-state index < -0.39 is 0 Å². The number of nitrogens with two attached hydrogens (primary N) is 1. The predicted molar refractivity (Wildman–Crippen MR) is 42.4 cm³/mol. The molecule has 0 aromatic heterocycles. The van der Waals surface area contributed by atoms with Crippen LogP contribution >= 0.6 is 0 Å². The summed E-state index contributed by atoms with van der Waals surface area (Å²) in [5.74, 6) is -0.384. The Morgan fingerprint density at radius 2 is 2.42 bits per heavy atom. The van der Waals surface area contributed by atoms with Crippen molar-refractivity contribution in [2.45, 2.75) is 6.04 Å². The lowest BCUT2D eigenvalue weighted by atomic mass is 10.0. The van der Waals surface area contributed by atoms with E-state index in [4.69, 9.17) is 15.6 Å². The summed E-state index contributed by atoms with van der Waals surface area (Å²) in [5.41, 5.74) is 5.60. The van der Waals surface area contributed by atoms with Crippen LogP contribution < -0.4 is 11.1 Å². The van der Waals surface area contributed by atoms with Gasteiger partial charge in [-0.2, -0.15) is 0 Å². The lowest BCUT2D eigenvalue weighted by molar-refractivity contribution is -0.125. The largest absolute Gasteiger partial charge is 0.395 e. The minimum Gasteiger partial charge on any atom is -0.395 e. The van der Waals surface area contributed by atoms with E-state index in [1.54, 1.807) is 0 Å². The number of nitrogens with one attached hydrogen (secondary N) is 1. The van der Waals surface area contributed by atoms with E-state index in [2.05, 4.69) is 5.32 Å². The van der Waals surface area contributed by atoms with Crippen LogP contribution in [0.3, 0.4) is 0 Å². The zero-order valence-electron chi connectivity index (χ0n) is 6.82. The molecule has 5 nitrogen and oxygen atoms in total. The Hall–Kier alpha value is -0.650. The van der Waals surface area contributed by atoms with Crippen LogP contribution in [0.4, 0.5) is 0 Å². The normalized spacial score (nSPS) is 28.8. The summed E-state index contributed by atoms with van der Waals surface area (Å²) < 4.78 is 5.02. The van der Waals surface area contributed by atoms with Crippen molar-refractivity contribution in [2.24, 2.45) is 11.7 Å². The van der Waals surface area contributed by atoms with E-state index in [1.165, 1.54) is 0 Å². The molecule has 0 aliphatic carbocycles. The fourth-order valence-corrected chi connectivity index (χ4v) is 1.15. The highest BCUT2D eigenvalue weighted by Gasteiger charge is 2.30. The minimum absolute atomic E-state index is 0.0471. The summed E-state index contributed by atoms with van der Waals surface area (Å²) in [4.78, 5) is 11.2. The van der Waals surface area contributed by atoms with Crippen LogP contribution in [0.25, 0.3) is 0 Å². The molecule has 0 aromatic carbocycles. The van der Waals surface area contributed by atoms with E-state index in [0.29, 0.717) is 13.2 Å². The number of aliphatic hydroxyl groups excluding tert-OH is 1. The van der Waals surface area contributed by atoms with Crippen molar-refractivity contribution >= 4 is 5.91 Å². The third-order valence-corrected chi connectivity index (χ3v) is 1.87. The van der Waals surface area contributed by atoms with Gasteiger partial charge in [0.1, 0.15) is 0 Å². The smallest absolute Gasteiger partial charge is 0.227 e. The molecule has 1 saturated heterocycles. The Bertz CT molecular complexity index is 163. The monoisotopic (exact) mass is 174 g/mol. The number of carbonyl (C=O) groups excluding carboxylic acids is 1. The van der Waals surface area contributed by atoms with Crippen molar-refractivity contribution in [1.82, 2.24) is 5.32 Å². The average molecular weight is 174 g/mol. The Balaban J connectivity index is 2.30. The van der Waals surface area contributed by atoms with Crippen LogP contribution in [0, 0.1) is 5.92 Å². The van der Waals surface area contributed by atoms with Gasteiger partial charge in [-0.3, -0.25) is 4.79 Å². The molecule has 1 aliphatic rings. The first-order valence-corrected chi connectivity index (χ1v) is 3.97. The van der Waals surface area contributed by atoms with Crippen molar-refractivity contribution < 1.29 is 14.6 Å². The Morgan fingerprint density at radius 3 is 2.92 bits per heavy atom. The van der Waals surface area contributed by atoms with Crippen LogP contribution in [0.2, 0.25) is 0 Å². The van der Waals surface area contributed by atoms with E-state index in [1.807, 2.05) is 0 Å². The summed E-state index contributed by atoms with van der Waals surface area (Å²) in [6, 6.07) is -0.205. The second kappa shape index (κ2) is 4.39. The molecule has 2 unspecified atom stereocenters. The molecule has 4 N–H and O–H groups in total. The quantitative estimate of drug-likeness (QED) is 0.465. The molecule has 0 aromatic rings. The van der Waals surface area contributed by atoms with Crippen molar-refractivity contribution in [3.05, 3.63) is 0 Å². The summed E-state index contributed by atoms with van der Waals surface area (Å²) in [7, 11) is 0. The van der Waals surface area contributed by atoms with E-state index >= 15 is 0 Å². The molecule has 0 bridgehead atoms. The first-order chi connectivity index (χ1) is 5.75. The molecule has 5 heteroatoms. The van der Waals surface area contributed by atoms with Crippen LogP contribution in [-0.4, -0.2) is 43.4 Å². The number of hydrogen-bond acceptors (Lipinski definition) is 4. The van der Waals surface area contributed by atoms with Gasteiger partial charge < -0.3 is 20.9 Å². The molecule has 1 rings (SSSR count). The van der Waals surface area contributed by atoms with Crippen LogP contribution in [0.5, 0.6) is 0 Å². The maximum atomic E-state index is 11.2. The summed E-state index contributed by atoms with van der Waals surface area (Å²) in [6.45, 7) is 1.06. The molecule has 0 spiro atoms. The molecule has 2 atom stereocenters. The molecule has 1 aliphatic heterocycles. The number of hydrogen-bond donors (Lipinski definition) is 3. The fourth-order valence-electron chi connectivity index (χ4n) is 1.15. The van der Waals surface area contributed by atoms with Gasteiger partial charge in [0.15, 0.2) is 0 Å². The molecule has 0 radical (unpaired) electrons. The third-order valence-electron chi connectivity index (χ3n) is 1.87. The van der Waals surface area contributed by atoms with Gasteiger partial charge in [-0.25, -0.2) is 0 Å². The number of amides is 1. The molecule has 1 heterocycles. The highest BCUT2D eigenvalue weighted by atomic mass is 16.5. The molecule has 0 saturated carbocycles. The van der Waals surface area contributed by atoms with E-state index in [9.17, 15) is 4.79 Å². The molecular weight excluding hydrogens is 160 g/mol. The van der Waals surface area contributed by atoms with Crippen LogP contribution in [0.1, 0.15) is 0 Å². The Kier molecular flexibility index (Phi) is 3.46. The highest BCUT2D eigenvalue weighted by Crippen LogP contribution is 2.10. The number of aliphatic hydroxyl groups is 1. The summed E-state index contributed by atoms with van der Waals surface area (Å²) in [5, 5.41) is 11.0. The molecule has 1 amide bonds. The van der Waals surface area contributed by atoms with Gasteiger partial charge in [-0.15, -0.1) is 0 Å². The predicted octanol–water partition coefficient (Wildman–Crippen LogP) is -1.93. The standard InChI is InChI=1S/C7H14N2O3/c8-6-4-12-3-5(6)7(11)9-1-2-10/h5-6,10H,1-4,8H2,(H,9,11). The third kappa shape index (κ3) is 2.17. The summed E-state index contributed by atoms with van der Waals surface area (Å²) >= 11 is 0. The fraction of sp³-hybridized carbons (Fsp3) is 0.857. The van der Waals surface area contributed by atoms with Gasteiger partial charge in [-0.1, -0.05) is 0 Å². The minimum atomic E-state index is -0.253. The van der Waals surface area contributed by atoms with Gasteiger partial charge in [-0.05, 0) is 0 Å². The zero-order chi connectivity index (χ0) is 8.97.